The maximum Gasteiger partial charge on any atom is 0.416 e. The summed E-state index contributed by atoms with van der Waals surface area (Å²) < 4.78 is 39.8. The predicted octanol–water partition coefficient (Wildman–Crippen LogP) is 1.62. The topological polar surface area (TPSA) is 65.7 Å². The van der Waals surface area contributed by atoms with Crippen molar-refractivity contribution in [1.82, 2.24) is 9.47 Å². The van der Waals surface area contributed by atoms with Gasteiger partial charge >= 0.3 is 6.18 Å². The van der Waals surface area contributed by atoms with Crippen LogP contribution in [0.2, 0.25) is 0 Å². The summed E-state index contributed by atoms with van der Waals surface area (Å²) in [5, 5.41) is 18.3. The Morgan fingerprint density at radius 2 is 1.78 bits per heavy atom. The summed E-state index contributed by atoms with van der Waals surface area (Å²) in [6, 6.07) is 4.66. The van der Waals surface area contributed by atoms with Crippen molar-refractivity contribution < 1.29 is 28.2 Å². The van der Waals surface area contributed by atoms with Gasteiger partial charge in [-0.25, -0.2) is 0 Å². The smallest absolute Gasteiger partial charge is 0.395 e. The number of carbonyl (C=O) groups excluding carboxylic acids is 1. The Morgan fingerprint density at radius 3 is 2.30 bits per heavy atom. The van der Waals surface area contributed by atoms with Crippen LogP contribution in [-0.4, -0.2) is 51.9 Å². The van der Waals surface area contributed by atoms with Crippen LogP contribution in [0.3, 0.4) is 0 Å². The van der Waals surface area contributed by atoms with E-state index in [0.717, 1.165) is 12.1 Å². The Hall–Kier alpha value is -2.06. The van der Waals surface area contributed by atoms with Gasteiger partial charge in [0.15, 0.2) is 0 Å². The highest BCUT2D eigenvalue weighted by Crippen LogP contribution is 2.32. The maximum atomic E-state index is 12.8. The molecule has 0 atom stereocenters. The summed E-state index contributed by atoms with van der Waals surface area (Å²) in [6.07, 6.45) is -4.45. The van der Waals surface area contributed by atoms with E-state index in [1.54, 1.807) is 7.05 Å². The first-order chi connectivity index (χ1) is 10.8. The highest BCUT2D eigenvalue weighted by molar-refractivity contribution is 5.98. The van der Waals surface area contributed by atoms with Gasteiger partial charge in [0.05, 0.1) is 18.8 Å². The molecule has 1 aromatic heterocycles. The number of alkyl halides is 3. The molecule has 2 N–H and O–H groups in total. The third-order valence-electron chi connectivity index (χ3n) is 3.62. The summed E-state index contributed by atoms with van der Waals surface area (Å²) in [7, 11) is 1.58. The number of nitrogens with zero attached hydrogens (tertiary/aromatic N) is 2. The van der Waals surface area contributed by atoms with Crippen molar-refractivity contribution >= 4 is 16.8 Å². The first-order valence-corrected chi connectivity index (χ1v) is 6.97. The SMILES string of the molecule is Cn1c(C(=O)N(CCO)CCO)cc2cc(C(F)(F)F)ccc21. The number of benzene rings is 1. The Bertz CT molecular complexity index is 704. The number of amides is 1. The van der Waals surface area contributed by atoms with Crippen LogP contribution in [0.5, 0.6) is 0 Å². The maximum absolute atomic E-state index is 12.8. The van der Waals surface area contributed by atoms with Crippen LogP contribution in [0.4, 0.5) is 13.2 Å². The van der Waals surface area contributed by atoms with Crippen LogP contribution in [0.25, 0.3) is 10.9 Å². The molecule has 0 aliphatic rings. The van der Waals surface area contributed by atoms with E-state index < -0.39 is 17.6 Å². The molecule has 0 bridgehead atoms. The van der Waals surface area contributed by atoms with Gasteiger partial charge < -0.3 is 19.7 Å². The predicted molar refractivity (Wildman–Crippen MR) is 78.0 cm³/mol. The van der Waals surface area contributed by atoms with Gasteiger partial charge in [0.2, 0.25) is 0 Å². The number of aryl methyl sites for hydroxylation is 1. The second-order valence-corrected chi connectivity index (χ2v) is 5.10. The molecular formula is C15H17F3N2O3. The summed E-state index contributed by atoms with van der Waals surface area (Å²) in [6.45, 7) is -0.467. The fourth-order valence-electron chi connectivity index (χ4n) is 2.45. The second-order valence-electron chi connectivity index (χ2n) is 5.10. The minimum atomic E-state index is -4.45. The molecule has 5 nitrogen and oxygen atoms in total. The monoisotopic (exact) mass is 330 g/mol. The minimum Gasteiger partial charge on any atom is -0.395 e. The Morgan fingerprint density at radius 1 is 1.17 bits per heavy atom. The van der Waals surface area contributed by atoms with Gasteiger partial charge in [0.25, 0.3) is 5.91 Å². The van der Waals surface area contributed by atoms with E-state index in [9.17, 15) is 18.0 Å². The Kier molecular flexibility index (Phi) is 4.96. The average Bonchev–Trinajstić information content (AvgIpc) is 2.82. The molecule has 0 spiro atoms. The van der Waals surface area contributed by atoms with E-state index in [1.807, 2.05) is 0 Å². The van der Waals surface area contributed by atoms with Crippen molar-refractivity contribution in [1.29, 1.82) is 0 Å². The summed E-state index contributed by atoms with van der Waals surface area (Å²) in [5.74, 6) is -0.458. The van der Waals surface area contributed by atoms with E-state index in [2.05, 4.69) is 0 Å². The molecule has 0 saturated heterocycles. The highest BCUT2D eigenvalue weighted by Gasteiger charge is 2.31. The quantitative estimate of drug-likeness (QED) is 0.876. The minimum absolute atomic E-state index is 0.0364. The van der Waals surface area contributed by atoms with E-state index in [-0.39, 0.29) is 32.0 Å². The standard InChI is InChI=1S/C15H17F3N2O3/c1-19-12-3-2-11(15(16,17)18)8-10(12)9-13(19)14(23)20(4-6-21)5-7-22/h2-3,8-9,21-22H,4-7H2,1H3. The molecule has 0 fully saturated rings. The Balaban J connectivity index is 2.45. The number of hydrogen-bond donors (Lipinski definition) is 2. The zero-order valence-electron chi connectivity index (χ0n) is 12.5. The fourth-order valence-corrected chi connectivity index (χ4v) is 2.45. The number of carbonyl (C=O) groups is 1. The van der Waals surface area contributed by atoms with E-state index in [0.29, 0.717) is 10.9 Å². The van der Waals surface area contributed by atoms with Gasteiger partial charge in [-0.3, -0.25) is 4.79 Å². The molecule has 0 radical (unpaired) electrons. The number of halogens is 3. The van der Waals surface area contributed by atoms with Crippen LogP contribution in [0, 0.1) is 0 Å². The van der Waals surface area contributed by atoms with Crippen molar-refractivity contribution in [2.45, 2.75) is 6.18 Å². The number of rotatable bonds is 5. The lowest BCUT2D eigenvalue weighted by molar-refractivity contribution is -0.137. The van der Waals surface area contributed by atoms with Crippen molar-refractivity contribution in [2.75, 3.05) is 26.3 Å². The third kappa shape index (κ3) is 3.48. The van der Waals surface area contributed by atoms with Gasteiger partial charge in [-0.1, -0.05) is 0 Å². The summed E-state index contributed by atoms with van der Waals surface area (Å²) in [5.41, 5.74) is -0.0901. The van der Waals surface area contributed by atoms with Crippen LogP contribution in [0.15, 0.2) is 24.3 Å². The van der Waals surface area contributed by atoms with Gasteiger partial charge in [-0.2, -0.15) is 13.2 Å². The first-order valence-electron chi connectivity index (χ1n) is 6.97. The molecule has 2 aromatic rings. The van der Waals surface area contributed by atoms with Crippen molar-refractivity contribution in [3.05, 3.63) is 35.5 Å². The van der Waals surface area contributed by atoms with Crippen LogP contribution >= 0.6 is 0 Å². The summed E-state index contributed by atoms with van der Waals surface area (Å²) in [4.78, 5) is 13.7. The lowest BCUT2D eigenvalue weighted by Crippen LogP contribution is -2.36. The number of fused-ring (bicyclic) bond motifs is 1. The second kappa shape index (κ2) is 6.59. The number of aliphatic hydroxyl groups is 2. The van der Waals surface area contributed by atoms with E-state index in [1.165, 1.54) is 21.6 Å². The normalized spacial score (nSPS) is 11.9. The largest absolute Gasteiger partial charge is 0.416 e. The van der Waals surface area contributed by atoms with Gasteiger partial charge in [-0.15, -0.1) is 0 Å². The molecule has 1 amide bonds. The molecule has 0 unspecified atom stereocenters. The van der Waals surface area contributed by atoms with Crippen molar-refractivity contribution in [3.63, 3.8) is 0 Å². The zero-order chi connectivity index (χ0) is 17.2. The molecule has 0 aliphatic heterocycles. The molecule has 126 valence electrons. The van der Waals surface area contributed by atoms with Gasteiger partial charge in [0, 0.05) is 31.0 Å². The number of hydrogen-bond acceptors (Lipinski definition) is 3. The fraction of sp³-hybridized carbons (Fsp3) is 0.400. The first kappa shape index (κ1) is 17.3. The zero-order valence-corrected chi connectivity index (χ0v) is 12.5. The molecule has 0 saturated carbocycles. The molecule has 0 aliphatic carbocycles. The lowest BCUT2D eigenvalue weighted by Gasteiger charge is -2.20. The van der Waals surface area contributed by atoms with Crippen LogP contribution in [-0.2, 0) is 13.2 Å². The molecule has 1 heterocycles. The molecule has 8 heteroatoms. The third-order valence-corrected chi connectivity index (χ3v) is 3.62. The van der Waals surface area contributed by atoms with Gasteiger partial charge in [0.1, 0.15) is 5.69 Å². The molecular weight excluding hydrogens is 313 g/mol. The number of aromatic nitrogens is 1. The highest BCUT2D eigenvalue weighted by atomic mass is 19.4. The van der Waals surface area contributed by atoms with E-state index >= 15 is 0 Å². The molecule has 2 rings (SSSR count). The van der Waals surface area contributed by atoms with Crippen LogP contribution < -0.4 is 0 Å². The van der Waals surface area contributed by atoms with Crippen LogP contribution in [0.1, 0.15) is 16.1 Å². The lowest BCUT2D eigenvalue weighted by atomic mass is 10.1. The average molecular weight is 330 g/mol. The molecule has 1 aromatic carbocycles. The Labute approximate surface area is 130 Å². The van der Waals surface area contributed by atoms with Crippen molar-refractivity contribution in [3.8, 4) is 0 Å². The summed E-state index contributed by atoms with van der Waals surface area (Å²) >= 11 is 0. The number of aliphatic hydroxyl groups excluding tert-OH is 2. The van der Waals surface area contributed by atoms with Crippen molar-refractivity contribution in [2.24, 2.45) is 7.05 Å². The molecule has 23 heavy (non-hydrogen) atoms. The van der Waals surface area contributed by atoms with E-state index in [4.69, 9.17) is 10.2 Å². The van der Waals surface area contributed by atoms with Gasteiger partial charge in [-0.05, 0) is 24.3 Å².